The molecule has 0 spiro atoms. The fraction of sp³-hybridized carbons (Fsp3) is 0. The number of pyridine rings is 1. The van der Waals surface area contributed by atoms with E-state index in [1.54, 1.807) is 23.7 Å². The number of aromatic nitrogens is 5. The number of benzene rings is 1. The van der Waals surface area contributed by atoms with Crippen LogP contribution in [-0.4, -0.2) is 24.3 Å². The van der Waals surface area contributed by atoms with E-state index in [9.17, 15) is 0 Å². The Kier molecular flexibility index (Phi) is 2.59. The van der Waals surface area contributed by atoms with E-state index in [2.05, 4.69) is 16.0 Å². The van der Waals surface area contributed by atoms with Crippen molar-refractivity contribution in [2.24, 2.45) is 0 Å². The third-order valence-electron chi connectivity index (χ3n) is 3.84. The van der Waals surface area contributed by atoms with Crippen molar-refractivity contribution in [3.8, 4) is 22.6 Å². The van der Waals surface area contributed by atoms with Crippen LogP contribution in [0.25, 0.3) is 38.6 Å². The molecular formula is C17H11N5S. The fourth-order valence-corrected chi connectivity index (χ4v) is 3.45. The summed E-state index contributed by atoms with van der Waals surface area (Å²) in [4.78, 5) is 17.9. The lowest BCUT2D eigenvalue weighted by Gasteiger charge is -1.98. The van der Waals surface area contributed by atoms with Gasteiger partial charge in [0.2, 0.25) is 0 Å². The van der Waals surface area contributed by atoms with Crippen molar-refractivity contribution >= 4 is 27.3 Å². The molecule has 1 N–H and O–H groups in total. The summed E-state index contributed by atoms with van der Waals surface area (Å²) >= 11 is 1.63. The van der Waals surface area contributed by atoms with Crippen LogP contribution in [0.3, 0.4) is 0 Å². The smallest absolute Gasteiger partial charge is 0.194 e. The molecule has 0 fully saturated rings. The second kappa shape index (κ2) is 4.76. The van der Waals surface area contributed by atoms with Crippen molar-refractivity contribution in [3.63, 3.8) is 0 Å². The average molecular weight is 317 g/mol. The van der Waals surface area contributed by atoms with Gasteiger partial charge in [0.25, 0.3) is 0 Å². The van der Waals surface area contributed by atoms with E-state index in [-0.39, 0.29) is 0 Å². The van der Waals surface area contributed by atoms with Gasteiger partial charge in [0, 0.05) is 41.3 Å². The summed E-state index contributed by atoms with van der Waals surface area (Å²) in [5.41, 5.74) is 4.97. The molecule has 0 saturated carbocycles. The molecule has 0 unspecified atom stereocenters. The standard InChI is InChI=1S/C17H11N5S/c1-2-12(14-10-22-8-9-23-17(22)20-14)15-13(3-1)19-16(21-15)11-4-6-18-7-5-11/h1-10H,(H,19,21). The first-order valence-electron chi connectivity index (χ1n) is 7.20. The maximum atomic E-state index is 4.70. The molecule has 6 heteroatoms. The third kappa shape index (κ3) is 1.96. The number of hydrogen-bond acceptors (Lipinski definition) is 4. The molecule has 0 saturated heterocycles. The van der Waals surface area contributed by atoms with Gasteiger partial charge in [-0.3, -0.25) is 9.38 Å². The van der Waals surface area contributed by atoms with Crippen LogP contribution in [0.1, 0.15) is 0 Å². The molecule has 1 aromatic carbocycles. The molecule has 0 atom stereocenters. The van der Waals surface area contributed by atoms with Crippen LogP contribution in [0.2, 0.25) is 0 Å². The van der Waals surface area contributed by atoms with Crippen LogP contribution in [0.5, 0.6) is 0 Å². The zero-order valence-electron chi connectivity index (χ0n) is 12.0. The third-order valence-corrected chi connectivity index (χ3v) is 4.61. The Bertz CT molecular complexity index is 1090. The van der Waals surface area contributed by atoms with E-state index in [0.717, 1.165) is 38.6 Å². The van der Waals surface area contributed by atoms with Gasteiger partial charge < -0.3 is 4.98 Å². The quantitative estimate of drug-likeness (QED) is 0.535. The van der Waals surface area contributed by atoms with Crippen LogP contribution < -0.4 is 0 Å². The molecule has 4 heterocycles. The number of rotatable bonds is 2. The number of imidazole rings is 2. The van der Waals surface area contributed by atoms with Gasteiger partial charge in [0.15, 0.2) is 4.96 Å². The van der Waals surface area contributed by atoms with Crippen LogP contribution in [-0.2, 0) is 0 Å². The van der Waals surface area contributed by atoms with E-state index in [0.29, 0.717) is 0 Å². The van der Waals surface area contributed by atoms with E-state index in [1.807, 2.05) is 46.4 Å². The molecule has 5 nitrogen and oxygen atoms in total. The molecule has 0 aliphatic carbocycles. The van der Waals surface area contributed by atoms with Crippen molar-refractivity contribution in [2.45, 2.75) is 0 Å². The van der Waals surface area contributed by atoms with Gasteiger partial charge in [0.05, 0.1) is 16.7 Å². The highest BCUT2D eigenvalue weighted by Crippen LogP contribution is 2.29. The minimum Gasteiger partial charge on any atom is -0.337 e. The Morgan fingerprint density at radius 2 is 1.96 bits per heavy atom. The first-order valence-corrected chi connectivity index (χ1v) is 8.08. The number of aromatic amines is 1. The van der Waals surface area contributed by atoms with Crippen molar-refractivity contribution in [3.05, 3.63) is 60.5 Å². The molecule has 4 aromatic heterocycles. The summed E-state index contributed by atoms with van der Waals surface area (Å²) in [6, 6.07) is 10.00. The van der Waals surface area contributed by atoms with Crippen LogP contribution in [0, 0.1) is 0 Å². The number of fused-ring (bicyclic) bond motifs is 2. The molecule has 0 aliphatic heterocycles. The number of hydrogen-bond donors (Lipinski definition) is 1. The van der Waals surface area contributed by atoms with E-state index in [4.69, 9.17) is 9.97 Å². The molecular weight excluding hydrogens is 306 g/mol. The van der Waals surface area contributed by atoms with Gasteiger partial charge in [-0.05, 0) is 18.2 Å². The van der Waals surface area contributed by atoms with E-state index < -0.39 is 0 Å². The monoisotopic (exact) mass is 317 g/mol. The number of thiazole rings is 1. The molecule has 5 rings (SSSR count). The molecule has 110 valence electrons. The zero-order valence-corrected chi connectivity index (χ0v) is 12.8. The first kappa shape index (κ1) is 12.5. The molecule has 0 aliphatic rings. The summed E-state index contributed by atoms with van der Waals surface area (Å²) in [7, 11) is 0. The van der Waals surface area contributed by atoms with Gasteiger partial charge in [-0.25, -0.2) is 9.97 Å². The maximum absolute atomic E-state index is 4.70. The van der Waals surface area contributed by atoms with Crippen molar-refractivity contribution in [2.75, 3.05) is 0 Å². The second-order valence-corrected chi connectivity index (χ2v) is 6.11. The fourth-order valence-electron chi connectivity index (χ4n) is 2.75. The zero-order chi connectivity index (χ0) is 15.2. The van der Waals surface area contributed by atoms with E-state index in [1.165, 1.54) is 0 Å². The lowest BCUT2D eigenvalue weighted by molar-refractivity contribution is 1.23. The summed E-state index contributed by atoms with van der Waals surface area (Å²) in [6.45, 7) is 0. The predicted octanol–water partition coefficient (Wildman–Crippen LogP) is 4.00. The van der Waals surface area contributed by atoms with Crippen molar-refractivity contribution in [1.82, 2.24) is 24.3 Å². The SMILES string of the molecule is c1cc(-c2cn3ccsc3n2)c2[nH]c(-c3ccncc3)nc2c1. The van der Waals surface area contributed by atoms with Crippen molar-refractivity contribution < 1.29 is 0 Å². The number of nitrogens with zero attached hydrogens (tertiary/aromatic N) is 4. The van der Waals surface area contributed by atoms with Gasteiger partial charge in [-0.2, -0.15) is 0 Å². The maximum Gasteiger partial charge on any atom is 0.194 e. The lowest BCUT2D eigenvalue weighted by Crippen LogP contribution is -1.81. The molecule has 0 radical (unpaired) electrons. The Hall–Kier alpha value is -2.99. The Morgan fingerprint density at radius 1 is 1.04 bits per heavy atom. The highest BCUT2D eigenvalue weighted by atomic mass is 32.1. The Balaban J connectivity index is 1.73. The second-order valence-electron chi connectivity index (χ2n) is 5.24. The predicted molar refractivity (Wildman–Crippen MR) is 91.4 cm³/mol. The average Bonchev–Trinajstić information content (AvgIpc) is 3.28. The molecule has 23 heavy (non-hydrogen) atoms. The van der Waals surface area contributed by atoms with Gasteiger partial charge in [-0.15, -0.1) is 11.3 Å². The minimum atomic E-state index is 0.843. The first-order chi connectivity index (χ1) is 11.4. The lowest BCUT2D eigenvalue weighted by atomic mass is 10.1. The highest BCUT2D eigenvalue weighted by Gasteiger charge is 2.12. The normalized spacial score (nSPS) is 11.5. The van der Waals surface area contributed by atoms with Gasteiger partial charge >= 0.3 is 0 Å². The number of para-hydroxylation sites is 1. The van der Waals surface area contributed by atoms with Crippen LogP contribution >= 0.6 is 11.3 Å². The van der Waals surface area contributed by atoms with Crippen molar-refractivity contribution in [1.29, 1.82) is 0 Å². The van der Waals surface area contributed by atoms with Crippen LogP contribution in [0.15, 0.2) is 60.5 Å². The Labute approximate surface area is 135 Å². The van der Waals surface area contributed by atoms with Gasteiger partial charge in [-0.1, -0.05) is 12.1 Å². The number of H-pyrrole nitrogens is 1. The summed E-state index contributed by atoms with van der Waals surface area (Å²) < 4.78 is 2.04. The summed E-state index contributed by atoms with van der Waals surface area (Å²) in [6.07, 6.45) is 7.61. The number of nitrogens with one attached hydrogen (secondary N) is 1. The largest absolute Gasteiger partial charge is 0.337 e. The molecule has 0 bridgehead atoms. The minimum absolute atomic E-state index is 0.843. The highest BCUT2D eigenvalue weighted by molar-refractivity contribution is 7.15. The topological polar surface area (TPSA) is 58.9 Å². The molecule has 0 amide bonds. The van der Waals surface area contributed by atoms with Crippen LogP contribution in [0.4, 0.5) is 0 Å². The Morgan fingerprint density at radius 3 is 2.83 bits per heavy atom. The summed E-state index contributed by atoms with van der Waals surface area (Å²) in [5, 5.41) is 2.03. The van der Waals surface area contributed by atoms with E-state index >= 15 is 0 Å². The molecule has 5 aromatic rings. The van der Waals surface area contributed by atoms with Gasteiger partial charge in [0.1, 0.15) is 5.82 Å². The summed E-state index contributed by atoms with van der Waals surface area (Å²) in [5.74, 6) is 0.843.